The number of carbonyl (C=O) groups is 1. The molecule has 3 N–H and O–H groups in total. The number of benzene rings is 2. The van der Waals surface area contributed by atoms with E-state index in [9.17, 15) is 9.90 Å². The highest BCUT2D eigenvalue weighted by Crippen LogP contribution is 2.43. The highest BCUT2D eigenvalue weighted by molar-refractivity contribution is 6.39. The molecule has 256 valence electrons. The number of methoxy groups -OCH3 is 2. The van der Waals surface area contributed by atoms with Gasteiger partial charge in [-0.1, -0.05) is 47.5 Å². The first kappa shape index (κ1) is 33.8. The Labute approximate surface area is 297 Å². The van der Waals surface area contributed by atoms with Crippen molar-refractivity contribution in [3.63, 3.8) is 0 Å². The van der Waals surface area contributed by atoms with Crippen LogP contribution < -0.4 is 20.1 Å². The Morgan fingerprint density at radius 1 is 1.02 bits per heavy atom. The number of rotatable bonds is 11. The summed E-state index contributed by atoms with van der Waals surface area (Å²) in [6.45, 7) is 4.03. The molecule has 4 heterocycles. The number of ether oxygens (including phenoxy) is 2. The molecule has 9 nitrogen and oxygen atoms in total. The number of fused-ring (bicyclic) bond motifs is 1. The Kier molecular flexibility index (Phi) is 10.1. The lowest BCUT2D eigenvalue weighted by molar-refractivity contribution is -0.119. The zero-order valence-electron chi connectivity index (χ0n) is 27.8. The van der Waals surface area contributed by atoms with Gasteiger partial charge in [-0.15, -0.1) is 0 Å². The van der Waals surface area contributed by atoms with Crippen LogP contribution in [0.5, 0.6) is 11.6 Å². The van der Waals surface area contributed by atoms with Crippen LogP contribution in [0.2, 0.25) is 10.0 Å². The first-order chi connectivity index (χ1) is 23.8. The van der Waals surface area contributed by atoms with Gasteiger partial charge in [0.05, 0.1) is 41.8 Å². The summed E-state index contributed by atoms with van der Waals surface area (Å²) in [6, 6.07) is 16.0. The van der Waals surface area contributed by atoms with Gasteiger partial charge in [0.25, 0.3) is 0 Å². The quantitative estimate of drug-likeness (QED) is 0.167. The topological polar surface area (TPSA) is 109 Å². The van der Waals surface area contributed by atoms with E-state index in [1.54, 1.807) is 20.4 Å². The van der Waals surface area contributed by atoms with Gasteiger partial charge in [-0.25, -0.2) is 4.98 Å². The van der Waals surface area contributed by atoms with Crippen molar-refractivity contribution in [3.05, 3.63) is 81.5 Å². The van der Waals surface area contributed by atoms with Crippen LogP contribution in [0.15, 0.2) is 54.7 Å². The lowest BCUT2D eigenvalue weighted by atomic mass is 9.81. The minimum Gasteiger partial charge on any atom is -0.496 e. The largest absolute Gasteiger partial charge is 0.496 e. The fraction of sp³-hybridized carbons (Fsp3) is 0.395. The summed E-state index contributed by atoms with van der Waals surface area (Å²) in [6.07, 6.45) is 5.74. The van der Waals surface area contributed by atoms with E-state index in [2.05, 4.69) is 21.6 Å². The molecular formula is C38H41Cl2N5O4. The van der Waals surface area contributed by atoms with Crippen LogP contribution >= 0.6 is 23.2 Å². The number of hydrogen-bond acceptors (Lipinski definition) is 8. The van der Waals surface area contributed by atoms with E-state index in [4.69, 9.17) is 42.6 Å². The highest BCUT2D eigenvalue weighted by atomic mass is 35.5. The van der Waals surface area contributed by atoms with Crippen LogP contribution in [0.4, 0.5) is 0 Å². The molecule has 2 aromatic carbocycles. The predicted molar refractivity (Wildman–Crippen MR) is 192 cm³/mol. The molecule has 1 amide bonds. The first-order valence-electron chi connectivity index (χ1n) is 16.9. The highest BCUT2D eigenvalue weighted by Gasteiger charge is 2.31. The number of carbonyl (C=O) groups excluding carboxylic acids is 1. The third-order valence-corrected chi connectivity index (χ3v) is 10.8. The van der Waals surface area contributed by atoms with Gasteiger partial charge in [0.1, 0.15) is 5.75 Å². The van der Waals surface area contributed by atoms with Crippen LogP contribution in [0.1, 0.15) is 42.4 Å². The molecular weight excluding hydrogens is 661 g/mol. The van der Waals surface area contributed by atoms with Gasteiger partial charge in [0, 0.05) is 84.8 Å². The monoisotopic (exact) mass is 701 g/mol. The van der Waals surface area contributed by atoms with E-state index in [-0.39, 0.29) is 18.1 Å². The summed E-state index contributed by atoms with van der Waals surface area (Å²) in [5.74, 6) is 2.01. The molecule has 2 aromatic heterocycles. The standard InChI is InChI=1S/C38H41Cl2N5O4/c1-48-33-17-25(16-23-11-13-45(21-31(23)33)20-22-14-27(46)15-22)37-36(40)29(10-12-42-37)28-4-3-5-30(35(28)39)32-8-6-24(38(44-32)49-2)18-41-19-26-7-9-34(47)43-26/h3-6,8,10,12,16-17,22,26-27,41,46H,7,9,11,13-15,18-21H2,1-2H3,(H,43,47)/t22-,26-,27-/m0/s1. The lowest BCUT2D eigenvalue weighted by Crippen LogP contribution is -2.40. The fourth-order valence-corrected chi connectivity index (χ4v) is 7.96. The van der Waals surface area contributed by atoms with Gasteiger partial charge in [-0.2, -0.15) is 0 Å². The Morgan fingerprint density at radius 2 is 1.84 bits per heavy atom. The number of aromatic nitrogens is 2. The van der Waals surface area contributed by atoms with E-state index in [1.165, 1.54) is 11.1 Å². The van der Waals surface area contributed by atoms with E-state index in [1.807, 2.05) is 42.5 Å². The minimum atomic E-state index is -0.135. The number of halogens is 2. The van der Waals surface area contributed by atoms with Gasteiger partial charge in [0.15, 0.2) is 0 Å². The molecule has 0 radical (unpaired) electrons. The number of pyridine rings is 2. The van der Waals surface area contributed by atoms with E-state index in [0.717, 1.165) is 78.9 Å². The summed E-state index contributed by atoms with van der Waals surface area (Å²) in [5, 5.41) is 17.1. The number of nitrogens with one attached hydrogen (secondary N) is 2. The SMILES string of the molecule is COc1cc(-c2nccc(-c3cccc(-c4ccc(CNC[C@@H]5CCC(=O)N5)c(OC)n4)c3Cl)c2Cl)cc2c1CN(C[C@H]1C[C@H](O)C1)CC2. The molecule has 0 unspecified atom stereocenters. The molecule has 3 aliphatic rings. The summed E-state index contributed by atoms with van der Waals surface area (Å²) < 4.78 is 11.6. The van der Waals surface area contributed by atoms with Crippen molar-refractivity contribution >= 4 is 29.1 Å². The smallest absolute Gasteiger partial charge is 0.220 e. The van der Waals surface area contributed by atoms with Gasteiger partial charge < -0.3 is 25.2 Å². The summed E-state index contributed by atoms with van der Waals surface area (Å²) in [5.41, 5.74) is 7.92. The molecule has 4 aromatic rings. The maximum Gasteiger partial charge on any atom is 0.220 e. The number of aliphatic hydroxyl groups excluding tert-OH is 1. The van der Waals surface area contributed by atoms with Crippen LogP contribution in [0, 0.1) is 5.92 Å². The third-order valence-electron chi connectivity index (χ3n) is 9.98. The summed E-state index contributed by atoms with van der Waals surface area (Å²) >= 11 is 14.3. The minimum absolute atomic E-state index is 0.104. The van der Waals surface area contributed by atoms with Crippen molar-refractivity contribution in [2.75, 3.05) is 33.9 Å². The van der Waals surface area contributed by atoms with Crippen LogP contribution in [0.3, 0.4) is 0 Å². The second-order valence-corrected chi connectivity index (χ2v) is 14.0. The molecule has 2 aliphatic heterocycles. The van der Waals surface area contributed by atoms with Crippen LogP contribution in [-0.2, 0) is 24.3 Å². The van der Waals surface area contributed by atoms with Gasteiger partial charge in [-0.05, 0) is 61.4 Å². The Bertz CT molecular complexity index is 1850. The molecule has 49 heavy (non-hydrogen) atoms. The summed E-state index contributed by atoms with van der Waals surface area (Å²) in [4.78, 5) is 23.5. The van der Waals surface area contributed by atoms with Crippen molar-refractivity contribution in [1.29, 1.82) is 0 Å². The molecule has 1 aliphatic carbocycles. The molecule has 0 spiro atoms. The summed E-state index contributed by atoms with van der Waals surface area (Å²) in [7, 11) is 3.32. The van der Waals surface area contributed by atoms with Crippen LogP contribution in [-0.4, -0.2) is 71.9 Å². The average molecular weight is 703 g/mol. The fourth-order valence-electron chi connectivity index (χ4n) is 7.31. The van der Waals surface area contributed by atoms with Gasteiger partial charge in [0.2, 0.25) is 11.8 Å². The molecule has 7 rings (SSSR count). The lowest BCUT2D eigenvalue weighted by Gasteiger charge is -2.38. The maximum absolute atomic E-state index is 11.5. The Hall–Kier alpha value is -3.73. The number of hydrogen-bond donors (Lipinski definition) is 3. The van der Waals surface area contributed by atoms with Gasteiger partial charge >= 0.3 is 0 Å². The number of amides is 1. The van der Waals surface area contributed by atoms with E-state index < -0.39 is 0 Å². The molecule has 1 saturated heterocycles. The Morgan fingerprint density at radius 3 is 2.59 bits per heavy atom. The number of aliphatic hydroxyl groups is 1. The second-order valence-electron chi connectivity index (χ2n) is 13.3. The molecule has 0 bridgehead atoms. The van der Waals surface area contributed by atoms with Crippen molar-refractivity contribution in [2.45, 2.75) is 57.3 Å². The first-order valence-corrected chi connectivity index (χ1v) is 17.6. The predicted octanol–water partition coefficient (Wildman–Crippen LogP) is 6.30. The average Bonchev–Trinajstić information content (AvgIpc) is 3.52. The second kappa shape index (κ2) is 14.6. The molecule has 1 saturated carbocycles. The molecule has 11 heteroatoms. The van der Waals surface area contributed by atoms with Crippen molar-refractivity contribution < 1.29 is 19.4 Å². The van der Waals surface area contributed by atoms with E-state index in [0.29, 0.717) is 52.7 Å². The van der Waals surface area contributed by atoms with Crippen molar-refractivity contribution in [3.8, 4) is 45.3 Å². The molecule has 2 fully saturated rings. The maximum atomic E-state index is 11.5. The zero-order chi connectivity index (χ0) is 34.1. The molecule has 1 atom stereocenters. The van der Waals surface area contributed by atoms with E-state index >= 15 is 0 Å². The Balaban J connectivity index is 1.13. The van der Waals surface area contributed by atoms with Gasteiger partial charge in [-0.3, -0.25) is 14.7 Å². The normalized spacial score (nSPS) is 20.4. The third kappa shape index (κ3) is 7.14. The number of nitrogens with zero attached hydrogens (tertiary/aromatic N) is 3. The van der Waals surface area contributed by atoms with Crippen molar-refractivity contribution in [1.82, 2.24) is 25.5 Å². The van der Waals surface area contributed by atoms with Crippen LogP contribution in [0.25, 0.3) is 33.6 Å². The zero-order valence-corrected chi connectivity index (χ0v) is 29.3. The van der Waals surface area contributed by atoms with Crippen molar-refractivity contribution in [2.24, 2.45) is 5.92 Å².